The van der Waals surface area contributed by atoms with Gasteiger partial charge in [-0.05, 0) is 50.8 Å². The molecule has 1 aliphatic rings. The smallest absolute Gasteiger partial charge is 0.329 e. The molecule has 1 heterocycles. The number of nitrogens with one attached hydrogen (secondary N) is 1. The van der Waals surface area contributed by atoms with Gasteiger partial charge in [0.15, 0.2) is 11.5 Å². The summed E-state index contributed by atoms with van der Waals surface area (Å²) in [5.41, 5.74) is 2.18. The van der Waals surface area contributed by atoms with Gasteiger partial charge in [-0.3, -0.25) is 19.8 Å². The summed E-state index contributed by atoms with van der Waals surface area (Å²) in [6.45, 7) is 0.250. The van der Waals surface area contributed by atoms with Crippen LogP contribution >= 0.6 is 15.9 Å². The fraction of sp³-hybridized carbons (Fsp3) is 0.120. The molecule has 0 atom stereocenters. The Morgan fingerprint density at radius 1 is 1.06 bits per heavy atom. The molecule has 0 bridgehead atoms. The van der Waals surface area contributed by atoms with Crippen LogP contribution in [0, 0.1) is 10.1 Å². The Bertz CT molecular complexity index is 1330. The maximum absolute atomic E-state index is 12.8. The van der Waals surface area contributed by atoms with E-state index in [1.54, 1.807) is 30.3 Å². The average molecular weight is 538 g/mol. The van der Waals surface area contributed by atoms with Crippen LogP contribution in [0.25, 0.3) is 6.08 Å². The second-order valence-electron chi connectivity index (χ2n) is 7.61. The Morgan fingerprint density at radius 2 is 1.80 bits per heavy atom. The molecular formula is C25H20BrN3O6. The van der Waals surface area contributed by atoms with Crippen LogP contribution in [0.15, 0.2) is 76.9 Å². The van der Waals surface area contributed by atoms with Crippen molar-refractivity contribution in [3.63, 3.8) is 0 Å². The molecule has 0 radical (unpaired) electrons. The number of nitro groups is 1. The number of halogens is 1. The lowest BCUT2D eigenvalue weighted by atomic mass is 10.1. The Labute approximate surface area is 209 Å². The first-order chi connectivity index (χ1) is 16.9. The van der Waals surface area contributed by atoms with Gasteiger partial charge >= 0.3 is 6.03 Å². The van der Waals surface area contributed by atoms with E-state index in [2.05, 4.69) is 21.2 Å². The highest BCUT2D eigenvalue weighted by Crippen LogP contribution is 2.38. The van der Waals surface area contributed by atoms with Gasteiger partial charge in [0.05, 0.1) is 23.1 Å². The number of ether oxygens (including phenoxy) is 2. The minimum Gasteiger partial charge on any atom is -0.493 e. The third kappa shape index (κ3) is 5.49. The summed E-state index contributed by atoms with van der Waals surface area (Å²) in [5.74, 6) is 0.350. The predicted octanol–water partition coefficient (Wildman–Crippen LogP) is 5.04. The van der Waals surface area contributed by atoms with Gasteiger partial charge in [-0.15, -0.1) is 0 Å². The first-order valence-corrected chi connectivity index (χ1v) is 11.3. The van der Waals surface area contributed by atoms with Gasteiger partial charge in [0, 0.05) is 12.1 Å². The van der Waals surface area contributed by atoms with Gasteiger partial charge in [0.2, 0.25) is 0 Å². The topological polar surface area (TPSA) is 111 Å². The number of carbonyl (C=O) groups is 2. The first kappa shape index (κ1) is 24.0. The molecule has 10 heteroatoms. The normalized spacial score (nSPS) is 14.2. The molecule has 0 spiro atoms. The van der Waals surface area contributed by atoms with Crippen molar-refractivity contribution in [2.75, 3.05) is 7.11 Å². The molecule has 0 aliphatic carbocycles. The minimum absolute atomic E-state index is 0.0244. The third-order valence-corrected chi connectivity index (χ3v) is 5.80. The minimum atomic E-state index is -0.493. The zero-order chi connectivity index (χ0) is 24.9. The number of rotatable bonds is 8. The SMILES string of the molecule is COc1cc(/C=C2/NC(=O)N(Cc3ccccc3)C2=O)cc(Br)c1OCc1cccc([N+](=O)[O-])c1. The number of non-ortho nitro benzene ring substituents is 1. The van der Waals surface area contributed by atoms with Gasteiger partial charge in [0.25, 0.3) is 11.6 Å². The van der Waals surface area contributed by atoms with Crippen LogP contribution in [0.2, 0.25) is 0 Å². The van der Waals surface area contributed by atoms with Crippen LogP contribution in [-0.4, -0.2) is 28.9 Å². The van der Waals surface area contributed by atoms with E-state index in [0.717, 1.165) is 10.5 Å². The van der Waals surface area contributed by atoms with Crippen LogP contribution in [-0.2, 0) is 17.9 Å². The monoisotopic (exact) mass is 537 g/mol. The van der Waals surface area contributed by atoms with Crippen LogP contribution in [0.1, 0.15) is 16.7 Å². The molecule has 0 unspecified atom stereocenters. The van der Waals surface area contributed by atoms with Crippen molar-refractivity contribution in [3.05, 3.63) is 104 Å². The summed E-state index contributed by atoms with van der Waals surface area (Å²) in [5, 5.41) is 13.6. The van der Waals surface area contributed by atoms with E-state index in [-0.39, 0.29) is 24.5 Å². The lowest BCUT2D eigenvalue weighted by molar-refractivity contribution is -0.384. The van der Waals surface area contributed by atoms with Crippen LogP contribution in [0.5, 0.6) is 11.5 Å². The molecule has 1 N–H and O–H groups in total. The van der Waals surface area contributed by atoms with Gasteiger partial charge in [-0.25, -0.2) is 4.79 Å². The molecule has 4 rings (SSSR count). The summed E-state index contributed by atoms with van der Waals surface area (Å²) in [7, 11) is 1.48. The predicted molar refractivity (Wildman–Crippen MR) is 132 cm³/mol. The summed E-state index contributed by atoms with van der Waals surface area (Å²) in [6.07, 6.45) is 1.56. The molecule has 1 aliphatic heterocycles. The lowest BCUT2D eigenvalue weighted by Crippen LogP contribution is -2.30. The molecule has 178 valence electrons. The van der Waals surface area contributed by atoms with E-state index in [4.69, 9.17) is 9.47 Å². The summed E-state index contributed by atoms with van der Waals surface area (Å²) < 4.78 is 11.9. The third-order valence-electron chi connectivity index (χ3n) is 5.21. The van der Waals surface area contributed by atoms with Gasteiger partial charge in [0.1, 0.15) is 12.3 Å². The number of carbonyl (C=O) groups excluding carboxylic acids is 2. The molecule has 35 heavy (non-hydrogen) atoms. The van der Waals surface area contributed by atoms with Crippen molar-refractivity contribution in [3.8, 4) is 11.5 Å². The van der Waals surface area contributed by atoms with Crippen molar-refractivity contribution < 1.29 is 24.0 Å². The Morgan fingerprint density at radius 3 is 2.51 bits per heavy atom. The second-order valence-corrected chi connectivity index (χ2v) is 8.47. The first-order valence-electron chi connectivity index (χ1n) is 10.5. The van der Waals surface area contributed by atoms with Crippen LogP contribution < -0.4 is 14.8 Å². The van der Waals surface area contributed by atoms with Crippen molar-refractivity contribution >= 4 is 39.6 Å². The summed E-state index contributed by atoms with van der Waals surface area (Å²) in [4.78, 5) is 36.9. The Kier molecular flexibility index (Phi) is 7.11. The van der Waals surface area contributed by atoms with E-state index in [0.29, 0.717) is 27.1 Å². The van der Waals surface area contributed by atoms with E-state index < -0.39 is 16.9 Å². The lowest BCUT2D eigenvalue weighted by Gasteiger charge is -2.14. The quantitative estimate of drug-likeness (QED) is 0.186. The molecule has 1 fully saturated rings. The number of imide groups is 1. The average Bonchev–Trinajstić information content (AvgIpc) is 3.11. The van der Waals surface area contributed by atoms with Gasteiger partial charge in [-0.1, -0.05) is 42.5 Å². The largest absolute Gasteiger partial charge is 0.493 e. The Balaban J connectivity index is 1.53. The molecule has 0 aromatic heterocycles. The van der Waals surface area contributed by atoms with Crippen molar-refractivity contribution in [2.24, 2.45) is 0 Å². The fourth-order valence-electron chi connectivity index (χ4n) is 3.53. The number of urea groups is 1. The van der Waals surface area contributed by atoms with Crippen molar-refractivity contribution in [1.29, 1.82) is 0 Å². The fourth-order valence-corrected chi connectivity index (χ4v) is 4.10. The molecule has 3 aromatic carbocycles. The van der Waals surface area contributed by atoms with E-state index in [1.807, 2.05) is 30.3 Å². The second kappa shape index (κ2) is 10.4. The zero-order valence-corrected chi connectivity index (χ0v) is 20.2. The molecular weight excluding hydrogens is 518 g/mol. The maximum atomic E-state index is 12.8. The van der Waals surface area contributed by atoms with Crippen LogP contribution in [0.3, 0.4) is 0 Å². The zero-order valence-electron chi connectivity index (χ0n) is 18.6. The van der Waals surface area contributed by atoms with Gasteiger partial charge in [-0.2, -0.15) is 0 Å². The van der Waals surface area contributed by atoms with E-state index >= 15 is 0 Å². The number of hydrogen-bond acceptors (Lipinski definition) is 6. The van der Waals surface area contributed by atoms with E-state index in [9.17, 15) is 19.7 Å². The van der Waals surface area contributed by atoms with Crippen molar-refractivity contribution in [1.82, 2.24) is 10.2 Å². The number of hydrogen-bond donors (Lipinski definition) is 1. The maximum Gasteiger partial charge on any atom is 0.329 e. The highest BCUT2D eigenvalue weighted by molar-refractivity contribution is 9.10. The molecule has 1 saturated heterocycles. The molecule has 9 nitrogen and oxygen atoms in total. The standard InChI is InChI=1S/C25H20BrN3O6/c1-34-22-13-18(11-20(26)23(22)35-15-17-8-5-9-19(10-17)29(32)33)12-21-24(30)28(25(31)27-21)14-16-6-3-2-4-7-16/h2-13H,14-15H2,1H3,(H,27,31)/b21-12+. The number of benzene rings is 3. The number of methoxy groups -OCH3 is 1. The van der Waals surface area contributed by atoms with E-state index in [1.165, 1.54) is 19.2 Å². The molecule has 0 saturated carbocycles. The number of amides is 3. The van der Waals surface area contributed by atoms with Crippen LogP contribution in [0.4, 0.5) is 10.5 Å². The summed E-state index contributed by atoms with van der Waals surface area (Å²) in [6, 6.07) is 18.3. The number of nitro benzene ring substituents is 1. The Hall–Kier alpha value is -4.18. The number of nitrogens with zero attached hydrogens (tertiary/aromatic N) is 2. The summed E-state index contributed by atoms with van der Waals surface area (Å²) >= 11 is 3.46. The highest BCUT2D eigenvalue weighted by atomic mass is 79.9. The van der Waals surface area contributed by atoms with Crippen molar-refractivity contribution in [2.45, 2.75) is 13.2 Å². The molecule has 3 aromatic rings. The molecule has 3 amide bonds. The van der Waals surface area contributed by atoms with Gasteiger partial charge < -0.3 is 14.8 Å². The highest BCUT2D eigenvalue weighted by Gasteiger charge is 2.33.